The Morgan fingerprint density at radius 2 is 0.793 bits per heavy atom. The standard InChI is InChI=1S/C24H48O5/c1-3-5-6-7-8-9-10-11-12-13-14-16-26-18-20-28-22-24-29-23-21-27-19-17-25-15-4-2/h4H,2-3,5-24H2,1H3. The molecule has 0 aliphatic carbocycles. The van der Waals surface area contributed by atoms with Crippen LogP contribution in [-0.4, -0.2) is 66.1 Å². The van der Waals surface area contributed by atoms with E-state index in [0.717, 1.165) is 13.0 Å². The van der Waals surface area contributed by atoms with Gasteiger partial charge in [-0.25, -0.2) is 0 Å². The summed E-state index contributed by atoms with van der Waals surface area (Å²) in [5.74, 6) is 0. The highest BCUT2D eigenvalue weighted by molar-refractivity contribution is 4.63. The van der Waals surface area contributed by atoms with Crippen LogP contribution in [0.4, 0.5) is 0 Å². The molecule has 5 heteroatoms. The Labute approximate surface area is 180 Å². The topological polar surface area (TPSA) is 46.2 Å². The Hall–Kier alpha value is -0.460. The molecule has 0 spiro atoms. The van der Waals surface area contributed by atoms with Gasteiger partial charge in [0, 0.05) is 6.61 Å². The Bertz CT molecular complexity index is 299. The van der Waals surface area contributed by atoms with Crippen molar-refractivity contribution < 1.29 is 23.7 Å². The first-order valence-corrected chi connectivity index (χ1v) is 11.9. The van der Waals surface area contributed by atoms with Crippen LogP contribution in [-0.2, 0) is 23.7 Å². The predicted octanol–water partition coefficient (Wildman–Crippen LogP) is 5.57. The van der Waals surface area contributed by atoms with Gasteiger partial charge in [-0.1, -0.05) is 77.2 Å². The number of ether oxygens (including phenoxy) is 5. The molecule has 0 radical (unpaired) electrons. The molecule has 0 rings (SSSR count). The zero-order valence-corrected chi connectivity index (χ0v) is 19.2. The third kappa shape index (κ3) is 27.5. The van der Waals surface area contributed by atoms with Crippen LogP contribution in [0.25, 0.3) is 0 Å². The maximum absolute atomic E-state index is 5.61. The highest BCUT2D eigenvalue weighted by Crippen LogP contribution is 2.11. The highest BCUT2D eigenvalue weighted by Gasteiger charge is 1.95. The molecule has 0 aromatic rings. The number of unbranched alkanes of at least 4 members (excludes halogenated alkanes) is 10. The third-order valence-corrected chi connectivity index (χ3v) is 4.62. The minimum Gasteiger partial charge on any atom is -0.379 e. The zero-order valence-electron chi connectivity index (χ0n) is 19.2. The molecule has 174 valence electrons. The monoisotopic (exact) mass is 416 g/mol. The normalized spacial score (nSPS) is 11.2. The Kier molecular flexibility index (Phi) is 27.1. The average Bonchev–Trinajstić information content (AvgIpc) is 2.74. The summed E-state index contributed by atoms with van der Waals surface area (Å²) in [5, 5.41) is 0. The van der Waals surface area contributed by atoms with E-state index >= 15 is 0 Å². The minimum absolute atomic E-state index is 0.570. The summed E-state index contributed by atoms with van der Waals surface area (Å²) < 4.78 is 27.1. The van der Waals surface area contributed by atoms with E-state index in [2.05, 4.69) is 13.5 Å². The van der Waals surface area contributed by atoms with Crippen molar-refractivity contribution in [3.05, 3.63) is 12.7 Å². The van der Waals surface area contributed by atoms with E-state index in [1.54, 1.807) is 6.08 Å². The van der Waals surface area contributed by atoms with Gasteiger partial charge in [0.25, 0.3) is 0 Å². The molecule has 0 unspecified atom stereocenters. The van der Waals surface area contributed by atoms with Crippen molar-refractivity contribution in [2.24, 2.45) is 0 Å². The zero-order chi connectivity index (χ0) is 21.1. The fraction of sp³-hybridized carbons (Fsp3) is 0.917. The van der Waals surface area contributed by atoms with E-state index in [9.17, 15) is 0 Å². The fourth-order valence-corrected chi connectivity index (χ4v) is 2.91. The molecular formula is C24H48O5. The van der Waals surface area contributed by atoms with Crippen LogP contribution in [0, 0.1) is 0 Å². The number of hydrogen-bond acceptors (Lipinski definition) is 5. The fourth-order valence-electron chi connectivity index (χ4n) is 2.91. The number of rotatable bonds is 26. The van der Waals surface area contributed by atoms with Gasteiger partial charge in [-0.2, -0.15) is 0 Å². The molecule has 0 saturated heterocycles. The molecular weight excluding hydrogens is 368 g/mol. The van der Waals surface area contributed by atoms with Crippen molar-refractivity contribution in [1.29, 1.82) is 0 Å². The average molecular weight is 417 g/mol. The van der Waals surface area contributed by atoms with E-state index in [1.165, 1.54) is 64.2 Å². The van der Waals surface area contributed by atoms with Gasteiger partial charge in [-0.05, 0) is 6.42 Å². The first-order valence-electron chi connectivity index (χ1n) is 11.9. The van der Waals surface area contributed by atoms with Gasteiger partial charge in [0.1, 0.15) is 0 Å². The molecule has 0 aliphatic rings. The lowest BCUT2D eigenvalue weighted by molar-refractivity contribution is -0.00958. The summed E-state index contributed by atoms with van der Waals surface area (Å²) in [4.78, 5) is 0. The maximum Gasteiger partial charge on any atom is 0.0704 e. The van der Waals surface area contributed by atoms with Crippen LogP contribution in [0.5, 0.6) is 0 Å². The number of hydrogen-bond donors (Lipinski definition) is 0. The van der Waals surface area contributed by atoms with E-state index in [0.29, 0.717) is 59.5 Å². The molecule has 0 fully saturated rings. The summed E-state index contributed by atoms with van der Waals surface area (Å²) in [5.41, 5.74) is 0. The van der Waals surface area contributed by atoms with Crippen LogP contribution in [0.2, 0.25) is 0 Å². The summed E-state index contributed by atoms with van der Waals surface area (Å²) in [6.45, 7) is 12.1. The summed E-state index contributed by atoms with van der Waals surface area (Å²) in [6, 6.07) is 0. The van der Waals surface area contributed by atoms with Gasteiger partial charge in [0.15, 0.2) is 0 Å². The van der Waals surface area contributed by atoms with Crippen molar-refractivity contribution in [2.75, 3.05) is 66.1 Å². The lowest BCUT2D eigenvalue weighted by Gasteiger charge is -2.07. The lowest BCUT2D eigenvalue weighted by atomic mass is 10.1. The largest absolute Gasteiger partial charge is 0.379 e. The van der Waals surface area contributed by atoms with E-state index in [-0.39, 0.29) is 0 Å². The van der Waals surface area contributed by atoms with Crippen LogP contribution in [0.3, 0.4) is 0 Å². The molecule has 0 bridgehead atoms. The molecule has 0 N–H and O–H groups in total. The SMILES string of the molecule is C=CCOCCOCCOCCOCCOCCCCCCCCCCCCC. The van der Waals surface area contributed by atoms with Gasteiger partial charge in [0.2, 0.25) is 0 Å². The summed E-state index contributed by atoms with van der Waals surface area (Å²) >= 11 is 0. The Morgan fingerprint density at radius 1 is 0.448 bits per heavy atom. The summed E-state index contributed by atoms with van der Waals surface area (Å²) in [6.07, 6.45) is 16.7. The smallest absolute Gasteiger partial charge is 0.0704 e. The quantitative estimate of drug-likeness (QED) is 0.136. The lowest BCUT2D eigenvalue weighted by Crippen LogP contribution is -2.13. The third-order valence-electron chi connectivity index (χ3n) is 4.62. The second-order valence-corrected chi connectivity index (χ2v) is 7.35. The van der Waals surface area contributed by atoms with Crippen molar-refractivity contribution in [1.82, 2.24) is 0 Å². The van der Waals surface area contributed by atoms with E-state index in [4.69, 9.17) is 23.7 Å². The minimum atomic E-state index is 0.570. The second-order valence-electron chi connectivity index (χ2n) is 7.35. The molecule has 0 heterocycles. The molecule has 0 saturated carbocycles. The molecule has 0 aromatic heterocycles. The first-order chi connectivity index (χ1) is 14.4. The van der Waals surface area contributed by atoms with E-state index < -0.39 is 0 Å². The van der Waals surface area contributed by atoms with Gasteiger partial charge in [-0.3, -0.25) is 0 Å². The molecule has 0 aliphatic heterocycles. The van der Waals surface area contributed by atoms with Crippen molar-refractivity contribution >= 4 is 0 Å². The van der Waals surface area contributed by atoms with E-state index in [1.807, 2.05) is 0 Å². The Morgan fingerprint density at radius 3 is 1.21 bits per heavy atom. The van der Waals surface area contributed by atoms with Crippen LogP contribution in [0.1, 0.15) is 77.6 Å². The first kappa shape index (κ1) is 28.5. The van der Waals surface area contributed by atoms with Crippen molar-refractivity contribution in [3.63, 3.8) is 0 Å². The molecule has 0 aromatic carbocycles. The molecule has 0 amide bonds. The molecule has 0 atom stereocenters. The van der Waals surface area contributed by atoms with Crippen LogP contribution >= 0.6 is 0 Å². The summed E-state index contributed by atoms with van der Waals surface area (Å²) in [7, 11) is 0. The van der Waals surface area contributed by atoms with Crippen LogP contribution < -0.4 is 0 Å². The maximum atomic E-state index is 5.61. The van der Waals surface area contributed by atoms with Crippen molar-refractivity contribution in [3.8, 4) is 0 Å². The van der Waals surface area contributed by atoms with Gasteiger partial charge >= 0.3 is 0 Å². The second kappa shape index (κ2) is 27.5. The predicted molar refractivity (Wildman–Crippen MR) is 121 cm³/mol. The van der Waals surface area contributed by atoms with Gasteiger partial charge < -0.3 is 23.7 Å². The van der Waals surface area contributed by atoms with Gasteiger partial charge in [-0.15, -0.1) is 6.58 Å². The Balaban J connectivity index is 2.97. The molecule has 29 heavy (non-hydrogen) atoms. The molecule has 5 nitrogen and oxygen atoms in total. The highest BCUT2D eigenvalue weighted by atomic mass is 16.6. The van der Waals surface area contributed by atoms with Crippen molar-refractivity contribution in [2.45, 2.75) is 77.6 Å². The van der Waals surface area contributed by atoms with Gasteiger partial charge in [0.05, 0.1) is 59.5 Å². The van der Waals surface area contributed by atoms with Crippen LogP contribution in [0.15, 0.2) is 12.7 Å².